The molecular weight excluding hydrogens is 358 g/mol. The zero-order chi connectivity index (χ0) is 20.7. The van der Waals surface area contributed by atoms with Crippen LogP contribution in [0.25, 0.3) is 22.8 Å². The highest BCUT2D eigenvalue weighted by molar-refractivity contribution is 6.02. The van der Waals surface area contributed by atoms with Gasteiger partial charge in [0.15, 0.2) is 11.5 Å². The molecule has 1 heterocycles. The first-order valence-electron chi connectivity index (χ1n) is 10.4. The molecule has 0 amide bonds. The highest BCUT2D eigenvalue weighted by Crippen LogP contribution is 2.28. The number of hydrogen-bond acceptors (Lipinski definition) is 3. The van der Waals surface area contributed by atoms with Gasteiger partial charge in [0, 0.05) is 49.0 Å². The number of Topliss-reactive ketones (excluding diaryl/α,β-unsaturated/α-hetero) is 1. The van der Waals surface area contributed by atoms with Crippen LogP contribution in [0.4, 0.5) is 5.69 Å². The Hall–Kier alpha value is -3.01. The van der Waals surface area contributed by atoms with E-state index in [1.165, 1.54) is 16.8 Å². The summed E-state index contributed by atoms with van der Waals surface area (Å²) in [5.41, 5.74) is 7.94. The molecule has 1 aromatic heterocycles. The number of nitrogens with zero attached hydrogens (tertiary/aromatic N) is 3. The minimum Gasteiger partial charge on any atom is -0.372 e. The summed E-state index contributed by atoms with van der Waals surface area (Å²) < 4.78 is 2.18. The topological polar surface area (TPSA) is 37.1 Å². The first-order chi connectivity index (χ1) is 13.9. The predicted octanol–water partition coefficient (Wildman–Crippen LogP) is 4.82. The highest BCUT2D eigenvalue weighted by atomic mass is 16.1. The largest absolute Gasteiger partial charge is 0.372 e. The van der Waals surface area contributed by atoms with Gasteiger partial charge in [0.05, 0.1) is 0 Å². The summed E-state index contributed by atoms with van der Waals surface area (Å²) in [6.07, 6.45) is 4.02. The van der Waals surface area contributed by atoms with Gasteiger partial charge in [-0.25, -0.2) is 4.98 Å². The summed E-state index contributed by atoms with van der Waals surface area (Å²) in [5.74, 6) is -0.0642. The summed E-state index contributed by atoms with van der Waals surface area (Å²) in [7, 11) is 0. The SMILES string of the molecule is CCN(CC)c1cc2c(cc1C)nc1c([n+]2-c2ccc(C)cc2)C=CC(C)C1=O. The van der Waals surface area contributed by atoms with Crippen molar-refractivity contribution < 1.29 is 9.36 Å². The van der Waals surface area contributed by atoms with Crippen molar-refractivity contribution >= 4 is 28.6 Å². The average Bonchev–Trinajstić information content (AvgIpc) is 2.72. The number of fused-ring (bicyclic) bond motifs is 2. The smallest absolute Gasteiger partial charge is 0.240 e. The Morgan fingerprint density at radius 2 is 1.76 bits per heavy atom. The number of hydrogen-bond donors (Lipinski definition) is 0. The number of anilines is 1. The Bertz CT molecular complexity index is 1130. The van der Waals surface area contributed by atoms with Crippen LogP contribution in [-0.4, -0.2) is 23.9 Å². The Balaban J connectivity index is 2.10. The van der Waals surface area contributed by atoms with Crippen LogP contribution in [0.3, 0.4) is 0 Å². The van der Waals surface area contributed by atoms with E-state index in [-0.39, 0.29) is 11.7 Å². The Morgan fingerprint density at radius 3 is 2.41 bits per heavy atom. The van der Waals surface area contributed by atoms with Crippen LogP contribution in [0.15, 0.2) is 42.5 Å². The number of benzene rings is 2. The molecule has 3 aromatic rings. The van der Waals surface area contributed by atoms with Crippen molar-refractivity contribution in [3.63, 3.8) is 0 Å². The zero-order valence-corrected chi connectivity index (χ0v) is 17.9. The maximum Gasteiger partial charge on any atom is 0.240 e. The lowest BCUT2D eigenvalue weighted by Gasteiger charge is -2.23. The molecule has 0 bridgehead atoms. The molecule has 4 heteroatoms. The van der Waals surface area contributed by atoms with Gasteiger partial charge in [-0.2, -0.15) is 0 Å². The lowest BCUT2D eigenvalue weighted by atomic mass is 9.95. The first-order valence-corrected chi connectivity index (χ1v) is 10.4. The Morgan fingerprint density at radius 1 is 1.07 bits per heavy atom. The average molecular weight is 387 g/mol. The third-order valence-corrected chi connectivity index (χ3v) is 5.84. The second-order valence-electron chi connectivity index (χ2n) is 7.83. The molecule has 4 rings (SSSR count). The van der Waals surface area contributed by atoms with Crippen LogP contribution in [0.1, 0.15) is 48.1 Å². The number of aryl methyl sites for hydroxylation is 2. The maximum atomic E-state index is 12.9. The van der Waals surface area contributed by atoms with Gasteiger partial charge in [0.2, 0.25) is 16.9 Å². The Kier molecular flexibility index (Phi) is 4.95. The van der Waals surface area contributed by atoms with Gasteiger partial charge in [-0.3, -0.25) is 4.79 Å². The zero-order valence-electron chi connectivity index (χ0n) is 17.9. The van der Waals surface area contributed by atoms with E-state index in [2.05, 4.69) is 73.6 Å². The number of carbonyl (C=O) groups excluding carboxylic acids is 1. The molecule has 1 aliphatic rings. The molecule has 0 aliphatic heterocycles. The summed E-state index contributed by atoms with van der Waals surface area (Å²) in [6.45, 7) is 12.4. The quantitative estimate of drug-likeness (QED) is 0.603. The van der Waals surface area contributed by atoms with Gasteiger partial charge in [-0.05, 0) is 39.3 Å². The monoisotopic (exact) mass is 386 g/mol. The summed E-state index contributed by atoms with van der Waals surface area (Å²) >= 11 is 0. The van der Waals surface area contributed by atoms with Crippen molar-refractivity contribution in [2.24, 2.45) is 5.92 Å². The van der Waals surface area contributed by atoms with Crippen LogP contribution >= 0.6 is 0 Å². The van der Waals surface area contributed by atoms with Crippen molar-refractivity contribution in [1.82, 2.24) is 4.98 Å². The molecule has 1 atom stereocenters. The van der Waals surface area contributed by atoms with Crippen LogP contribution in [0.2, 0.25) is 0 Å². The number of rotatable bonds is 4. The number of ketones is 1. The van der Waals surface area contributed by atoms with Crippen LogP contribution in [0.5, 0.6) is 0 Å². The molecule has 0 spiro atoms. The van der Waals surface area contributed by atoms with E-state index < -0.39 is 0 Å². The van der Waals surface area contributed by atoms with Gasteiger partial charge in [-0.15, -0.1) is 4.57 Å². The standard InChI is InChI=1S/C25H28N3O/c1-6-27(7-2)22-15-23-20(14-18(22)5)26-24-21(13-10-17(4)25(24)29)28(23)19-11-8-16(3)9-12-19/h8-15,17H,6-7H2,1-5H3/q+1. The van der Waals surface area contributed by atoms with E-state index in [9.17, 15) is 4.79 Å². The van der Waals surface area contributed by atoms with Gasteiger partial charge in [-0.1, -0.05) is 30.7 Å². The minimum absolute atomic E-state index is 0.0794. The van der Waals surface area contributed by atoms with Crippen molar-refractivity contribution in [1.29, 1.82) is 0 Å². The normalized spacial score (nSPS) is 15.6. The molecular formula is C25H28N3O+. The molecule has 1 aliphatic carbocycles. The number of allylic oxidation sites excluding steroid dienone is 1. The van der Waals surface area contributed by atoms with Gasteiger partial charge in [0.25, 0.3) is 0 Å². The van der Waals surface area contributed by atoms with E-state index in [1.807, 2.05) is 19.1 Å². The fourth-order valence-electron chi connectivity index (χ4n) is 4.10. The predicted molar refractivity (Wildman–Crippen MR) is 119 cm³/mol. The highest BCUT2D eigenvalue weighted by Gasteiger charge is 2.32. The van der Waals surface area contributed by atoms with Gasteiger partial charge >= 0.3 is 0 Å². The molecule has 1 unspecified atom stereocenters. The molecule has 2 aromatic carbocycles. The Labute approximate surface area is 172 Å². The molecule has 0 fully saturated rings. The first kappa shape index (κ1) is 19.3. The van der Waals surface area contributed by atoms with Crippen molar-refractivity contribution in [2.45, 2.75) is 34.6 Å². The van der Waals surface area contributed by atoms with Crippen molar-refractivity contribution in [2.75, 3.05) is 18.0 Å². The van der Waals surface area contributed by atoms with E-state index in [4.69, 9.17) is 4.98 Å². The second-order valence-corrected chi connectivity index (χ2v) is 7.83. The summed E-state index contributed by atoms with van der Waals surface area (Å²) in [6, 6.07) is 12.8. The lowest BCUT2D eigenvalue weighted by Crippen LogP contribution is -2.40. The van der Waals surface area contributed by atoms with Crippen LogP contribution in [-0.2, 0) is 0 Å². The van der Waals surface area contributed by atoms with Gasteiger partial charge < -0.3 is 4.90 Å². The third kappa shape index (κ3) is 3.23. The van der Waals surface area contributed by atoms with E-state index in [0.29, 0.717) is 5.69 Å². The molecule has 0 radical (unpaired) electrons. The van der Waals surface area contributed by atoms with Crippen LogP contribution in [0, 0.1) is 19.8 Å². The summed E-state index contributed by atoms with van der Waals surface area (Å²) in [5, 5.41) is 0. The lowest BCUT2D eigenvalue weighted by molar-refractivity contribution is -0.570. The maximum absolute atomic E-state index is 12.9. The molecule has 0 saturated heterocycles. The minimum atomic E-state index is -0.144. The molecule has 148 valence electrons. The fourth-order valence-corrected chi connectivity index (χ4v) is 4.10. The number of carbonyl (C=O) groups is 1. The van der Waals surface area contributed by atoms with Crippen molar-refractivity contribution in [3.05, 3.63) is 65.0 Å². The fraction of sp³-hybridized carbons (Fsp3) is 0.320. The van der Waals surface area contributed by atoms with E-state index >= 15 is 0 Å². The van der Waals surface area contributed by atoms with E-state index in [1.54, 1.807) is 0 Å². The molecule has 29 heavy (non-hydrogen) atoms. The molecule has 0 saturated carbocycles. The second kappa shape index (κ2) is 7.43. The van der Waals surface area contributed by atoms with Crippen molar-refractivity contribution in [3.8, 4) is 5.69 Å². The summed E-state index contributed by atoms with van der Waals surface area (Å²) in [4.78, 5) is 20.1. The molecule has 0 N–H and O–H groups in total. The third-order valence-electron chi connectivity index (χ3n) is 5.84. The van der Waals surface area contributed by atoms with E-state index in [0.717, 1.165) is 35.5 Å². The van der Waals surface area contributed by atoms with Crippen LogP contribution < -0.4 is 9.47 Å². The number of aromatic nitrogens is 2. The van der Waals surface area contributed by atoms with Gasteiger partial charge in [0.1, 0.15) is 5.52 Å². The molecule has 4 nitrogen and oxygen atoms in total.